The number of para-hydroxylation sites is 1. The molecule has 1 heterocycles. The van der Waals surface area contributed by atoms with E-state index in [1.165, 1.54) is 0 Å². The van der Waals surface area contributed by atoms with Gasteiger partial charge >= 0.3 is 0 Å². The lowest BCUT2D eigenvalue weighted by molar-refractivity contribution is 0.340. The zero-order valence-electron chi connectivity index (χ0n) is 12.6. The van der Waals surface area contributed by atoms with Crippen molar-refractivity contribution in [2.45, 2.75) is 12.1 Å². The fourth-order valence-corrected chi connectivity index (χ4v) is 2.76. The first-order chi connectivity index (χ1) is 10.8. The molecule has 0 aliphatic rings. The van der Waals surface area contributed by atoms with E-state index in [1.54, 1.807) is 11.8 Å². The summed E-state index contributed by atoms with van der Waals surface area (Å²) in [4.78, 5) is 0. The molecule has 4 nitrogen and oxygen atoms in total. The molecule has 0 radical (unpaired) electrons. The van der Waals surface area contributed by atoms with Gasteiger partial charge in [0.1, 0.15) is 5.75 Å². The van der Waals surface area contributed by atoms with Crippen LogP contribution in [0.1, 0.15) is 6.92 Å². The summed E-state index contributed by atoms with van der Waals surface area (Å²) in [5.41, 5.74) is 2.07. The third-order valence-corrected chi connectivity index (χ3v) is 3.88. The van der Waals surface area contributed by atoms with Crippen molar-refractivity contribution >= 4 is 11.8 Å². The molecule has 0 fully saturated rings. The zero-order valence-corrected chi connectivity index (χ0v) is 13.4. The minimum Gasteiger partial charge on any atom is -0.494 e. The Hall–Kier alpha value is -2.27. The quantitative estimate of drug-likeness (QED) is 0.666. The average Bonchev–Trinajstić information content (AvgIpc) is 3.00. The zero-order chi connectivity index (χ0) is 15.4. The van der Waals surface area contributed by atoms with Crippen LogP contribution in [0.5, 0.6) is 5.75 Å². The third-order valence-electron chi connectivity index (χ3n) is 3.25. The van der Waals surface area contributed by atoms with Crippen molar-refractivity contribution < 1.29 is 4.74 Å². The maximum Gasteiger partial charge on any atom is 0.195 e. The molecule has 3 rings (SSSR count). The molecular weight excluding hydrogens is 294 g/mol. The van der Waals surface area contributed by atoms with Gasteiger partial charge in [-0.05, 0) is 49.6 Å². The molecule has 0 saturated carbocycles. The molecule has 0 spiro atoms. The minimum atomic E-state index is 0.663. The summed E-state index contributed by atoms with van der Waals surface area (Å²) >= 11 is 1.58. The predicted molar refractivity (Wildman–Crippen MR) is 89.7 cm³/mol. The minimum absolute atomic E-state index is 0.663. The normalized spacial score (nSPS) is 10.6. The van der Waals surface area contributed by atoms with Gasteiger partial charge in [-0.3, -0.25) is 4.57 Å². The summed E-state index contributed by atoms with van der Waals surface area (Å²) in [7, 11) is 0. The van der Waals surface area contributed by atoms with Crippen molar-refractivity contribution in [3.05, 3.63) is 54.6 Å². The molecule has 0 unspecified atom stereocenters. The Morgan fingerprint density at radius 3 is 2.36 bits per heavy atom. The van der Waals surface area contributed by atoms with Crippen LogP contribution in [-0.4, -0.2) is 27.6 Å². The van der Waals surface area contributed by atoms with Crippen molar-refractivity contribution in [2.24, 2.45) is 0 Å². The molecule has 0 bridgehead atoms. The van der Waals surface area contributed by atoms with Gasteiger partial charge < -0.3 is 4.74 Å². The highest BCUT2D eigenvalue weighted by atomic mass is 32.2. The topological polar surface area (TPSA) is 39.9 Å². The van der Waals surface area contributed by atoms with Crippen LogP contribution in [0.4, 0.5) is 0 Å². The van der Waals surface area contributed by atoms with Crippen LogP contribution >= 0.6 is 11.8 Å². The van der Waals surface area contributed by atoms with Gasteiger partial charge in [0.05, 0.1) is 6.61 Å². The van der Waals surface area contributed by atoms with E-state index < -0.39 is 0 Å². The fourth-order valence-electron chi connectivity index (χ4n) is 2.27. The Morgan fingerprint density at radius 1 is 1.00 bits per heavy atom. The van der Waals surface area contributed by atoms with Gasteiger partial charge in [0.15, 0.2) is 11.0 Å². The second-order valence-corrected chi connectivity index (χ2v) is 5.41. The van der Waals surface area contributed by atoms with Gasteiger partial charge in [-0.15, -0.1) is 10.2 Å². The van der Waals surface area contributed by atoms with E-state index in [4.69, 9.17) is 4.74 Å². The average molecular weight is 311 g/mol. The van der Waals surface area contributed by atoms with E-state index in [2.05, 4.69) is 26.9 Å². The number of hydrogen-bond acceptors (Lipinski definition) is 4. The van der Waals surface area contributed by atoms with E-state index in [0.29, 0.717) is 6.61 Å². The van der Waals surface area contributed by atoms with E-state index >= 15 is 0 Å². The Balaban J connectivity index is 2.06. The fraction of sp³-hybridized carbons (Fsp3) is 0.176. The van der Waals surface area contributed by atoms with E-state index in [9.17, 15) is 0 Å². The molecule has 2 aromatic carbocycles. The summed E-state index contributed by atoms with van der Waals surface area (Å²) in [5.74, 6) is 1.70. The molecule has 0 saturated heterocycles. The van der Waals surface area contributed by atoms with Gasteiger partial charge in [-0.1, -0.05) is 30.0 Å². The lowest BCUT2D eigenvalue weighted by atomic mass is 10.2. The molecular formula is C17H17N3OS. The second-order valence-electron chi connectivity index (χ2n) is 4.64. The molecule has 5 heteroatoms. The maximum atomic E-state index is 5.49. The van der Waals surface area contributed by atoms with Crippen LogP contribution in [0, 0.1) is 0 Å². The van der Waals surface area contributed by atoms with Crippen LogP contribution in [0.25, 0.3) is 17.1 Å². The summed E-state index contributed by atoms with van der Waals surface area (Å²) in [6.45, 7) is 2.64. The Labute approximate surface area is 134 Å². The SMILES string of the molecule is CCOc1ccc(-c2nnc(SC)n2-c2ccccc2)cc1. The van der Waals surface area contributed by atoms with Crippen molar-refractivity contribution in [1.82, 2.24) is 14.8 Å². The predicted octanol–water partition coefficient (Wildman–Crippen LogP) is 4.05. The lowest BCUT2D eigenvalue weighted by Gasteiger charge is -2.10. The molecule has 0 aliphatic carbocycles. The van der Waals surface area contributed by atoms with Gasteiger partial charge in [0, 0.05) is 11.3 Å². The molecule has 0 amide bonds. The first kappa shape index (κ1) is 14.7. The standard InChI is InChI=1S/C17H17N3OS/c1-3-21-15-11-9-13(10-12-15)16-18-19-17(22-2)20(16)14-7-5-4-6-8-14/h4-12H,3H2,1-2H3. The molecule has 3 aromatic rings. The van der Waals surface area contributed by atoms with Crippen LogP contribution in [-0.2, 0) is 0 Å². The molecule has 0 N–H and O–H groups in total. The molecule has 1 aromatic heterocycles. The first-order valence-electron chi connectivity index (χ1n) is 7.11. The van der Waals surface area contributed by atoms with Gasteiger partial charge in [-0.25, -0.2) is 0 Å². The smallest absolute Gasteiger partial charge is 0.195 e. The van der Waals surface area contributed by atoms with E-state index in [0.717, 1.165) is 28.0 Å². The Kier molecular flexibility index (Phi) is 4.44. The van der Waals surface area contributed by atoms with Crippen molar-refractivity contribution in [1.29, 1.82) is 0 Å². The lowest BCUT2D eigenvalue weighted by Crippen LogP contribution is -1.99. The summed E-state index contributed by atoms with van der Waals surface area (Å²) in [5, 5.41) is 9.52. The number of nitrogens with zero attached hydrogens (tertiary/aromatic N) is 3. The summed E-state index contributed by atoms with van der Waals surface area (Å²) in [6.07, 6.45) is 2.01. The van der Waals surface area contributed by atoms with Crippen LogP contribution < -0.4 is 4.74 Å². The highest BCUT2D eigenvalue weighted by Gasteiger charge is 2.14. The number of hydrogen-bond donors (Lipinski definition) is 0. The van der Waals surface area contributed by atoms with E-state index in [-0.39, 0.29) is 0 Å². The Morgan fingerprint density at radius 2 is 1.73 bits per heavy atom. The van der Waals surface area contributed by atoms with Crippen LogP contribution in [0.15, 0.2) is 59.8 Å². The van der Waals surface area contributed by atoms with E-state index in [1.807, 2.05) is 55.6 Å². The summed E-state index contributed by atoms with van der Waals surface area (Å²) < 4.78 is 7.56. The van der Waals surface area contributed by atoms with Gasteiger partial charge in [0.2, 0.25) is 0 Å². The number of benzene rings is 2. The van der Waals surface area contributed by atoms with Gasteiger partial charge in [-0.2, -0.15) is 0 Å². The maximum absolute atomic E-state index is 5.49. The van der Waals surface area contributed by atoms with Crippen molar-refractivity contribution in [2.75, 3.05) is 12.9 Å². The van der Waals surface area contributed by atoms with Crippen molar-refractivity contribution in [3.63, 3.8) is 0 Å². The third kappa shape index (κ3) is 2.85. The summed E-state index contributed by atoms with van der Waals surface area (Å²) in [6, 6.07) is 18.1. The first-order valence-corrected chi connectivity index (χ1v) is 8.34. The Bertz CT molecular complexity index is 738. The molecule has 0 aliphatic heterocycles. The number of ether oxygens (including phenoxy) is 1. The highest BCUT2D eigenvalue weighted by Crippen LogP contribution is 2.27. The highest BCUT2D eigenvalue weighted by molar-refractivity contribution is 7.98. The molecule has 112 valence electrons. The van der Waals surface area contributed by atoms with Crippen molar-refractivity contribution in [3.8, 4) is 22.8 Å². The number of rotatable bonds is 5. The molecule has 0 atom stereocenters. The second kappa shape index (κ2) is 6.66. The largest absolute Gasteiger partial charge is 0.494 e. The van der Waals surface area contributed by atoms with Gasteiger partial charge in [0.25, 0.3) is 0 Å². The number of thioether (sulfide) groups is 1. The monoisotopic (exact) mass is 311 g/mol. The number of aromatic nitrogens is 3. The van der Waals surface area contributed by atoms with Crippen LogP contribution in [0.3, 0.4) is 0 Å². The molecule has 22 heavy (non-hydrogen) atoms. The van der Waals surface area contributed by atoms with Crippen LogP contribution in [0.2, 0.25) is 0 Å².